The number of aliphatic hydroxyl groups excluding tert-OH is 1. The predicted octanol–water partition coefficient (Wildman–Crippen LogP) is 0.106. The van der Waals surface area contributed by atoms with Crippen LogP contribution in [0.25, 0.3) is 0 Å². The summed E-state index contributed by atoms with van der Waals surface area (Å²) in [4.78, 5) is 2.40. The van der Waals surface area contributed by atoms with E-state index in [4.69, 9.17) is 14.6 Å². The number of hydrogen-bond donors (Lipinski definition) is 1. The molecule has 4 heteroatoms. The molecule has 0 spiro atoms. The highest BCUT2D eigenvalue weighted by Crippen LogP contribution is 2.46. The highest BCUT2D eigenvalue weighted by atomic mass is 16.5. The van der Waals surface area contributed by atoms with Gasteiger partial charge in [0.1, 0.15) is 0 Å². The number of methoxy groups -OCH3 is 1. The van der Waals surface area contributed by atoms with Crippen LogP contribution in [0.3, 0.4) is 0 Å². The molecule has 4 nitrogen and oxygen atoms in total. The maximum absolute atomic E-state index is 9.05. The Kier molecular flexibility index (Phi) is 3.61. The smallest absolute Gasteiger partial charge is 0.0932 e. The Balaban J connectivity index is 1.78. The minimum Gasteiger partial charge on any atom is -0.394 e. The monoisotopic (exact) mass is 215 g/mol. The lowest BCUT2D eigenvalue weighted by Crippen LogP contribution is -2.46. The highest BCUT2D eigenvalue weighted by Gasteiger charge is 2.44. The Bertz CT molecular complexity index is 206. The fraction of sp³-hybridized carbons (Fsp3) is 1.00. The molecule has 0 aromatic rings. The van der Waals surface area contributed by atoms with E-state index in [0.717, 1.165) is 32.8 Å². The van der Waals surface area contributed by atoms with Gasteiger partial charge in [-0.25, -0.2) is 0 Å². The maximum atomic E-state index is 9.05. The van der Waals surface area contributed by atoms with Crippen LogP contribution in [-0.4, -0.2) is 62.7 Å². The SMILES string of the molecule is COCC1(CN2CCOC(CO)C2)CC1. The van der Waals surface area contributed by atoms with Crippen molar-refractivity contribution in [1.29, 1.82) is 0 Å². The van der Waals surface area contributed by atoms with E-state index in [1.54, 1.807) is 7.11 Å². The molecule has 2 fully saturated rings. The largest absolute Gasteiger partial charge is 0.394 e. The first-order valence-corrected chi connectivity index (χ1v) is 5.72. The topological polar surface area (TPSA) is 41.9 Å². The van der Waals surface area contributed by atoms with Crippen LogP contribution in [0.4, 0.5) is 0 Å². The lowest BCUT2D eigenvalue weighted by molar-refractivity contribution is -0.0601. The summed E-state index contributed by atoms with van der Waals surface area (Å²) in [5, 5.41) is 9.05. The van der Waals surface area contributed by atoms with Crippen molar-refractivity contribution in [2.24, 2.45) is 5.41 Å². The third-order valence-corrected chi connectivity index (χ3v) is 3.39. The molecule has 1 aliphatic heterocycles. The second-order valence-electron chi connectivity index (χ2n) is 4.84. The van der Waals surface area contributed by atoms with Crippen LogP contribution in [0.2, 0.25) is 0 Å². The minimum absolute atomic E-state index is 0.0112. The van der Waals surface area contributed by atoms with E-state index in [0.29, 0.717) is 5.41 Å². The first-order valence-electron chi connectivity index (χ1n) is 5.72. The first kappa shape index (κ1) is 11.3. The van der Waals surface area contributed by atoms with E-state index in [1.807, 2.05) is 0 Å². The Labute approximate surface area is 91.2 Å². The highest BCUT2D eigenvalue weighted by molar-refractivity contribution is 4.96. The summed E-state index contributed by atoms with van der Waals surface area (Å²) in [5.41, 5.74) is 0.409. The van der Waals surface area contributed by atoms with Crippen LogP contribution < -0.4 is 0 Å². The Morgan fingerprint density at radius 2 is 2.33 bits per heavy atom. The van der Waals surface area contributed by atoms with Crippen molar-refractivity contribution in [2.75, 3.05) is 46.6 Å². The maximum Gasteiger partial charge on any atom is 0.0932 e. The van der Waals surface area contributed by atoms with Crippen molar-refractivity contribution in [3.8, 4) is 0 Å². The van der Waals surface area contributed by atoms with Gasteiger partial charge in [0, 0.05) is 32.2 Å². The van der Waals surface area contributed by atoms with Gasteiger partial charge in [0.2, 0.25) is 0 Å². The molecule has 0 bridgehead atoms. The lowest BCUT2D eigenvalue weighted by Gasteiger charge is -2.34. The average Bonchev–Trinajstić information content (AvgIpc) is 2.99. The molecule has 1 N–H and O–H groups in total. The van der Waals surface area contributed by atoms with Crippen molar-refractivity contribution < 1.29 is 14.6 Å². The van der Waals surface area contributed by atoms with Gasteiger partial charge in [-0.1, -0.05) is 0 Å². The zero-order valence-corrected chi connectivity index (χ0v) is 9.45. The molecule has 1 atom stereocenters. The van der Waals surface area contributed by atoms with Gasteiger partial charge in [0.25, 0.3) is 0 Å². The van der Waals surface area contributed by atoms with Gasteiger partial charge in [-0.3, -0.25) is 4.90 Å². The minimum atomic E-state index is 0.0112. The fourth-order valence-electron chi connectivity index (χ4n) is 2.34. The van der Waals surface area contributed by atoms with Crippen molar-refractivity contribution >= 4 is 0 Å². The van der Waals surface area contributed by atoms with E-state index in [2.05, 4.69) is 4.90 Å². The molecule has 0 aromatic carbocycles. The van der Waals surface area contributed by atoms with Gasteiger partial charge in [-0.15, -0.1) is 0 Å². The van der Waals surface area contributed by atoms with Crippen molar-refractivity contribution in [3.05, 3.63) is 0 Å². The number of ether oxygens (including phenoxy) is 2. The predicted molar refractivity (Wildman–Crippen MR) is 56.8 cm³/mol. The zero-order valence-electron chi connectivity index (χ0n) is 9.45. The molecule has 1 saturated heterocycles. The van der Waals surface area contributed by atoms with Crippen molar-refractivity contribution in [3.63, 3.8) is 0 Å². The Morgan fingerprint density at radius 3 is 2.93 bits per heavy atom. The molecule has 1 aliphatic carbocycles. The number of aliphatic hydroxyl groups is 1. The molecular weight excluding hydrogens is 194 g/mol. The van der Waals surface area contributed by atoms with E-state index >= 15 is 0 Å². The van der Waals surface area contributed by atoms with Crippen LogP contribution in [0.5, 0.6) is 0 Å². The summed E-state index contributed by atoms with van der Waals surface area (Å²) in [6, 6.07) is 0. The molecule has 1 saturated carbocycles. The first-order chi connectivity index (χ1) is 7.28. The Hall–Kier alpha value is -0.160. The zero-order chi connectivity index (χ0) is 10.7. The van der Waals surface area contributed by atoms with E-state index < -0.39 is 0 Å². The molecular formula is C11H21NO3. The van der Waals surface area contributed by atoms with Gasteiger partial charge in [-0.05, 0) is 12.8 Å². The van der Waals surface area contributed by atoms with Gasteiger partial charge in [-0.2, -0.15) is 0 Å². The molecule has 2 rings (SSSR count). The molecule has 2 aliphatic rings. The summed E-state index contributed by atoms with van der Waals surface area (Å²) in [5.74, 6) is 0. The molecule has 15 heavy (non-hydrogen) atoms. The van der Waals surface area contributed by atoms with Gasteiger partial charge in [0.05, 0.1) is 25.9 Å². The van der Waals surface area contributed by atoms with Crippen LogP contribution in [0.1, 0.15) is 12.8 Å². The van der Waals surface area contributed by atoms with Crippen LogP contribution in [-0.2, 0) is 9.47 Å². The standard InChI is InChI=1S/C11H21NO3/c1-14-9-11(2-3-11)8-12-4-5-15-10(6-12)7-13/h10,13H,2-9H2,1H3. The fourth-order valence-corrected chi connectivity index (χ4v) is 2.34. The summed E-state index contributed by atoms with van der Waals surface area (Å²) >= 11 is 0. The van der Waals surface area contributed by atoms with Crippen LogP contribution in [0.15, 0.2) is 0 Å². The molecule has 0 aromatic heterocycles. The molecule has 1 unspecified atom stereocenters. The number of hydrogen-bond acceptors (Lipinski definition) is 4. The molecule has 1 heterocycles. The van der Waals surface area contributed by atoms with Crippen LogP contribution in [0, 0.1) is 5.41 Å². The number of morpholine rings is 1. The van der Waals surface area contributed by atoms with Crippen molar-refractivity contribution in [2.45, 2.75) is 18.9 Å². The number of rotatable bonds is 5. The molecule has 0 amide bonds. The third kappa shape index (κ3) is 2.91. The summed E-state index contributed by atoms with van der Waals surface area (Å²) < 4.78 is 10.7. The van der Waals surface area contributed by atoms with E-state index in [1.165, 1.54) is 12.8 Å². The quantitative estimate of drug-likeness (QED) is 0.706. The van der Waals surface area contributed by atoms with Gasteiger partial charge in [0.15, 0.2) is 0 Å². The Morgan fingerprint density at radius 1 is 1.53 bits per heavy atom. The van der Waals surface area contributed by atoms with E-state index in [-0.39, 0.29) is 12.7 Å². The molecule has 0 radical (unpaired) electrons. The van der Waals surface area contributed by atoms with Gasteiger partial charge >= 0.3 is 0 Å². The second-order valence-corrected chi connectivity index (χ2v) is 4.84. The summed E-state index contributed by atoms with van der Waals surface area (Å²) in [6.45, 7) is 4.70. The number of nitrogens with zero attached hydrogens (tertiary/aromatic N) is 1. The normalized spacial score (nSPS) is 30.4. The summed E-state index contributed by atoms with van der Waals surface area (Å²) in [6.07, 6.45) is 2.57. The average molecular weight is 215 g/mol. The molecule has 88 valence electrons. The third-order valence-electron chi connectivity index (χ3n) is 3.39. The van der Waals surface area contributed by atoms with Crippen molar-refractivity contribution in [1.82, 2.24) is 4.90 Å². The lowest BCUT2D eigenvalue weighted by atomic mass is 10.1. The van der Waals surface area contributed by atoms with E-state index in [9.17, 15) is 0 Å². The van der Waals surface area contributed by atoms with Gasteiger partial charge < -0.3 is 14.6 Å². The van der Waals surface area contributed by atoms with Crippen LogP contribution >= 0.6 is 0 Å². The second kappa shape index (κ2) is 4.78. The summed E-state index contributed by atoms with van der Waals surface area (Å²) in [7, 11) is 1.77.